The molecule has 0 aliphatic heterocycles. The van der Waals surface area contributed by atoms with Crippen molar-refractivity contribution < 1.29 is 4.92 Å². The van der Waals surface area contributed by atoms with Crippen LogP contribution < -0.4 is 0 Å². The lowest BCUT2D eigenvalue weighted by Gasteiger charge is -1.89. The Morgan fingerprint density at radius 1 is 1.33 bits per heavy atom. The fourth-order valence-corrected chi connectivity index (χ4v) is 1.77. The molecule has 0 fully saturated rings. The van der Waals surface area contributed by atoms with Crippen LogP contribution in [0.4, 0.5) is 5.69 Å². The molecule has 18 heavy (non-hydrogen) atoms. The third-order valence-corrected chi connectivity index (χ3v) is 2.62. The molecule has 7 heteroatoms. The van der Waals surface area contributed by atoms with E-state index in [2.05, 4.69) is 20.2 Å². The summed E-state index contributed by atoms with van der Waals surface area (Å²) in [5, 5.41) is 17.6. The average molecular weight is 243 g/mol. The first-order valence-corrected chi connectivity index (χ1v) is 5.30. The van der Waals surface area contributed by atoms with Crippen molar-refractivity contribution in [3.05, 3.63) is 40.1 Å². The van der Waals surface area contributed by atoms with E-state index in [0.717, 1.165) is 5.69 Å². The van der Waals surface area contributed by atoms with E-state index in [1.54, 1.807) is 6.07 Å². The number of fused-ring (bicyclic) bond motifs is 1. The number of aryl methyl sites for hydroxylation is 1. The molecule has 1 aromatic carbocycles. The number of non-ortho nitro benzene ring substituents is 1. The van der Waals surface area contributed by atoms with Crippen LogP contribution in [0.25, 0.3) is 22.6 Å². The van der Waals surface area contributed by atoms with Crippen molar-refractivity contribution in [2.24, 2.45) is 0 Å². The molecular weight excluding hydrogens is 234 g/mol. The third-order valence-electron chi connectivity index (χ3n) is 2.62. The molecule has 0 unspecified atom stereocenters. The number of H-pyrrole nitrogens is 2. The highest BCUT2D eigenvalue weighted by Gasteiger charge is 2.11. The smallest absolute Gasteiger partial charge is 0.271 e. The Labute approximate surface area is 101 Å². The normalized spacial score (nSPS) is 10.9. The zero-order chi connectivity index (χ0) is 12.7. The minimum Gasteiger partial charge on any atom is -0.336 e. The number of aromatic nitrogens is 4. The number of hydrogen-bond donors (Lipinski definition) is 2. The van der Waals surface area contributed by atoms with Gasteiger partial charge >= 0.3 is 0 Å². The van der Waals surface area contributed by atoms with Crippen molar-refractivity contribution in [3.63, 3.8) is 0 Å². The number of nitrogens with zero attached hydrogens (tertiary/aromatic N) is 3. The molecule has 2 N–H and O–H groups in total. The highest BCUT2D eigenvalue weighted by Crippen LogP contribution is 2.22. The Morgan fingerprint density at radius 2 is 2.17 bits per heavy atom. The third kappa shape index (κ3) is 1.61. The van der Waals surface area contributed by atoms with Crippen LogP contribution >= 0.6 is 0 Å². The molecule has 0 atom stereocenters. The van der Waals surface area contributed by atoms with Gasteiger partial charge in [-0.05, 0) is 19.1 Å². The van der Waals surface area contributed by atoms with Crippen LogP contribution in [0.2, 0.25) is 0 Å². The maximum absolute atomic E-state index is 10.7. The lowest BCUT2D eigenvalue weighted by atomic mass is 10.3. The molecule has 2 heterocycles. The summed E-state index contributed by atoms with van der Waals surface area (Å²) in [6.07, 6.45) is 0. The van der Waals surface area contributed by atoms with E-state index in [1.807, 2.05) is 13.0 Å². The molecule has 3 rings (SSSR count). The summed E-state index contributed by atoms with van der Waals surface area (Å²) in [5.41, 5.74) is 2.95. The van der Waals surface area contributed by atoms with Crippen LogP contribution in [0.5, 0.6) is 0 Å². The van der Waals surface area contributed by atoms with Gasteiger partial charge in [-0.25, -0.2) is 4.98 Å². The van der Waals surface area contributed by atoms with Gasteiger partial charge in [0.15, 0.2) is 5.82 Å². The first-order valence-electron chi connectivity index (χ1n) is 5.30. The molecule has 0 aliphatic rings. The van der Waals surface area contributed by atoms with Gasteiger partial charge in [-0.2, -0.15) is 5.10 Å². The van der Waals surface area contributed by atoms with E-state index in [0.29, 0.717) is 22.6 Å². The van der Waals surface area contributed by atoms with Gasteiger partial charge < -0.3 is 4.98 Å². The van der Waals surface area contributed by atoms with E-state index in [4.69, 9.17) is 0 Å². The number of benzene rings is 1. The van der Waals surface area contributed by atoms with E-state index < -0.39 is 4.92 Å². The quantitative estimate of drug-likeness (QED) is 0.532. The first kappa shape index (κ1) is 10.5. The molecule has 0 amide bonds. The predicted molar refractivity (Wildman–Crippen MR) is 65.1 cm³/mol. The van der Waals surface area contributed by atoms with E-state index in [1.165, 1.54) is 12.1 Å². The summed E-state index contributed by atoms with van der Waals surface area (Å²) in [6, 6.07) is 6.37. The van der Waals surface area contributed by atoms with Crippen molar-refractivity contribution in [1.82, 2.24) is 20.2 Å². The van der Waals surface area contributed by atoms with Crippen molar-refractivity contribution >= 4 is 16.7 Å². The Morgan fingerprint density at radius 3 is 2.83 bits per heavy atom. The average Bonchev–Trinajstić information content (AvgIpc) is 2.93. The van der Waals surface area contributed by atoms with E-state index >= 15 is 0 Å². The maximum atomic E-state index is 10.7. The highest BCUT2D eigenvalue weighted by atomic mass is 16.6. The van der Waals surface area contributed by atoms with Crippen molar-refractivity contribution in [1.29, 1.82) is 0 Å². The number of aromatic amines is 2. The van der Waals surface area contributed by atoms with Crippen LogP contribution in [0.15, 0.2) is 24.3 Å². The van der Waals surface area contributed by atoms with Gasteiger partial charge in [-0.15, -0.1) is 0 Å². The van der Waals surface area contributed by atoms with E-state index in [-0.39, 0.29) is 5.69 Å². The molecule has 0 bridgehead atoms. The summed E-state index contributed by atoms with van der Waals surface area (Å²) in [6.45, 7) is 1.89. The van der Waals surface area contributed by atoms with Gasteiger partial charge in [0.25, 0.3) is 5.69 Å². The number of nitro benzene ring substituents is 1. The topological polar surface area (TPSA) is 100 Å². The van der Waals surface area contributed by atoms with Gasteiger partial charge in [-0.3, -0.25) is 15.2 Å². The van der Waals surface area contributed by atoms with Gasteiger partial charge in [-0.1, -0.05) is 0 Å². The summed E-state index contributed by atoms with van der Waals surface area (Å²) in [5.74, 6) is 0.592. The second-order valence-electron chi connectivity index (χ2n) is 3.98. The standard InChI is InChI=1S/C11H9N5O2/c1-6-4-10(15-14-6)11-12-8-3-2-7(16(17)18)5-9(8)13-11/h2-5H,1H3,(H,12,13)(H,14,15). The molecule has 7 nitrogen and oxygen atoms in total. The minimum atomic E-state index is -0.432. The highest BCUT2D eigenvalue weighted by molar-refractivity contribution is 5.80. The Hall–Kier alpha value is -2.70. The number of nitro groups is 1. The van der Waals surface area contributed by atoms with Crippen LogP contribution in [-0.4, -0.2) is 25.1 Å². The van der Waals surface area contributed by atoms with Crippen molar-refractivity contribution in [2.75, 3.05) is 0 Å². The number of imidazole rings is 1. The van der Waals surface area contributed by atoms with Crippen molar-refractivity contribution in [2.45, 2.75) is 6.92 Å². The van der Waals surface area contributed by atoms with Crippen molar-refractivity contribution in [3.8, 4) is 11.5 Å². The van der Waals surface area contributed by atoms with Gasteiger partial charge in [0, 0.05) is 17.8 Å². The van der Waals surface area contributed by atoms with Crippen LogP contribution in [0.3, 0.4) is 0 Å². The number of rotatable bonds is 2. The maximum Gasteiger partial charge on any atom is 0.271 e. The number of hydrogen-bond acceptors (Lipinski definition) is 4. The Kier molecular flexibility index (Phi) is 2.12. The van der Waals surface area contributed by atoms with Gasteiger partial charge in [0.05, 0.1) is 16.0 Å². The monoisotopic (exact) mass is 243 g/mol. The van der Waals surface area contributed by atoms with Gasteiger partial charge in [0.1, 0.15) is 5.69 Å². The summed E-state index contributed by atoms with van der Waals surface area (Å²) < 4.78 is 0. The molecule has 0 spiro atoms. The Balaban J connectivity index is 2.13. The van der Waals surface area contributed by atoms with E-state index in [9.17, 15) is 10.1 Å². The zero-order valence-electron chi connectivity index (χ0n) is 9.47. The second kappa shape index (κ2) is 3.66. The minimum absolute atomic E-state index is 0.0379. The SMILES string of the molecule is Cc1cc(-c2nc3ccc([N+](=O)[O-])cc3[nH]2)n[nH]1. The summed E-state index contributed by atoms with van der Waals surface area (Å²) in [7, 11) is 0. The van der Waals surface area contributed by atoms with Crippen LogP contribution in [-0.2, 0) is 0 Å². The predicted octanol–water partition coefficient (Wildman–Crippen LogP) is 2.17. The molecule has 0 saturated heterocycles. The fourth-order valence-electron chi connectivity index (χ4n) is 1.77. The molecule has 2 aromatic heterocycles. The Bertz CT molecular complexity index is 743. The lowest BCUT2D eigenvalue weighted by Crippen LogP contribution is -1.86. The molecule has 0 radical (unpaired) electrons. The zero-order valence-corrected chi connectivity index (χ0v) is 9.47. The molecule has 0 saturated carbocycles. The molecule has 90 valence electrons. The van der Waals surface area contributed by atoms with Gasteiger partial charge in [0.2, 0.25) is 0 Å². The molecule has 0 aliphatic carbocycles. The second-order valence-corrected chi connectivity index (χ2v) is 3.98. The first-order chi connectivity index (χ1) is 8.63. The molecular formula is C11H9N5O2. The summed E-state index contributed by atoms with van der Waals surface area (Å²) >= 11 is 0. The summed E-state index contributed by atoms with van der Waals surface area (Å²) in [4.78, 5) is 17.6. The lowest BCUT2D eigenvalue weighted by molar-refractivity contribution is -0.384. The largest absolute Gasteiger partial charge is 0.336 e. The number of nitrogens with one attached hydrogen (secondary N) is 2. The fraction of sp³-hybridized carbons (Fsp3) is 0.0909. The van der Waals surface area contributed by atoms with Crippen LogP contribution in [0.1, 0.15) is 5.69 Å². The van der Waals surface area contributed by atoms with Crippen LogP contribution in [0, 0.1) is 17.0 Å². The molecule has 3 aromatic rings.